The fraction of sp³-hybridized carbons (Fsp3) is 0.107. The molecule has 0 saturated heterocycles. The maximum atomic E-state index is 13.9. The molecule has 0 aliphatic heterocycles. The molecule has 3 N–H and O–H groups in total. The average molecular weight is 519 g/mol. The summed E-state index contributed by atoms with van der Waals surface area (Å²) < 4.78 is 30.7. The number of hydrogen-bond acceptors (Lipinski definition) is 4. The van der Waals surface area contributed by atoms with Crippen LogP contribution in [-0.2, 0) is 11.2 Å². The lowest BCUT2D eigenvalue weighted by Crippen LogP contribution is -2.36. The number of pyridine rings is 1. The molecule has 3 amide bonds. The molecule has 9 heteroatoms. The topological polar surface area (TPSA) is 83.1 Å². The molecular weight excluding hydrogens is 494 g/mol. The summed E-state index contributed by atoms with van der Waals surface area (Å²) in [6, 6.07) is 20.5. The zero-order valence-corrected chi connectivity index (χ0v) is 20.7. The number of carbonyl (C=O) groups is 2. The molecule has 188 valence electrons. The number of nitrogens with one attached hydrogen (secondary N) is 3. The Bertz CT molecular complexity index is 1380. The van der Waals surface area contributed by atoms with Crippen molar-refractivity contribution >= 4 is 30.1 Å². The third-order valence-electron chi connectivity index (χ3n) is 5.60. The largest absolute Gasteiger partial charge is 0.329 e. The van der Waals surface area contributed by atoms with E-state index in [0.29, 0.717) is 23.4 Å². The van der Waals surface area contributed by atoms with Crippen molar-refractivity contribution in [3.05, 3.63) is 114 Å². The van der Waals surface area contributed by atoms with E-state index in [4.69, 9.17) is 0 Å². The highest BCUT2D eigenvalue weighted by Crippen LogP contribution is 2.30. The Morgan fingerprint density at radius 2 is 1.73 bits per heavy atom. The third-order valence-corrected chi connectivity index (χ3v) is 6.57. The van der Waals surface area contributed by atoms with E-state index in [-0.39, 0.29) is 6.42 Å². The van der Waals surface area contributed by atoms with Gasteiger partial charge in [-0.2, -0.15) is 0 Å². The highest BCUT2D eigenvalue weighted by atomic mass is 32.2. The minimum absolute atomic E-state index is 0.103. The van der Waals surface area contributed by atoms with E-state index in [0.717, 1.165) is 27.7 Å². The maximum absolute atomic E-state index is 13.9. The molecule has 0 aliphatic rings. The first-order valence-electron chi connectivity index (χ1n) is 11.4. The van der Waals surface area contributed by atoms with Gasteiger partial charge in [-0.3, -0.25) is 14.5 Å². The number of aromatic nitrogens is 1. The second-order valence-corrected chi connectivity index (χ2v) is 9.10. The van der Waals surface area contributed by atoms with E-state index < -0.39 is 23.7 Å². The zero-order chi connectivity index (χ0) is 26.2. The van der Waals surface area contributed by atoms with Crippen molar-refractivity contribution in [1.29, 1.82) is 0 Å². The molecule has 0 bridgehead atoms. The second kappa shape index (κ2) is 12.1. The Morgan fingerprint density at radius 3 is 2.43 bits per heavy atom. The van der Waals surface area contributed by atoms with Gasteiger partial charge in [0.15, 0.2) is 0 Å². The predicted octanol–water partition coefficient (Wildman–Crippen LogP) is 6.19. The number of carbonyl (C=O) groups excluding carboxylic acids is 2. The summed E-state index contributed by atoms with van der Waals surface area (Å²) in [6.07, 6.45) is 2.30. The van der Waals surface area contributed by atoms with Crippen LogP contribution in [0.15, 0.2) is 90.0 Å². The molecule has 0 saturated carbocycles. The lowest BCUT2D eigenvalue weighted by atomic mass is 9.95. The van der Waals surface area contributed by atoms with Crippen LogP contribution in [0.25, 0.3) is 11.1 Å². The summed E-state index contributed by atoms with van der Waals surface area (Å²) in [5.41, 5.74) is 4.07. The molecule has 1 aromatic heterocycles. The van der Waals surface area contributed by atoms with E-state index in [1.807, 2.05) is 49.4 Å². The van der Waals surface area contributed by atoms with Crippen LogP contribution in [0.5, 0.6) is 0 Å². The molecule has 6 nitrogen and oxygen atoms in total. The van der Waals surface area contributed by atoms with Crippen molar-refractivity contribution in [2.45, 2.75) is 24.3 Å². The lowest BCUT2D eigenvalue weighted by Gasteiger charge is -2.22. The minimum Gasteiger partial charge on any atom is -0.329 e. The standard InChI is InChI=1S/C28H24F2N4O2S/c1-18-5-2-3-7-26(18)37-34-28(36)33-25(15-19-13-21(29)16-22(30)14-19)27-24(6-4-12-31-27)20-8-10-23(11-9-20)32-17-35/h2-14,16-17,25H,15H2,1H3,(H,32,35)(H2,33,34,36). The van der Waals surface area contributed by atoms with E-state index in [9.17, 15) is 18.4 Å². The second-order valence-electron chi connectivity index (χ2n) is 8.25. The van der Waals surface area contributed by atoms with E-state index >= 15 is 0 Å². The summed E-state index contributed by atoms with van der Waals surface area (Å²) in [5, 5.41) is 5.50. The van der Waals surface area contributed by atoms with Crippen LogP contribution in [0.4, 0.5) is 19.3 Å². The predicted molar refractivity (Wildman–Crippen MR) is 141 cm³/mol. The van der Waals surface area contributed by atoms with Crippen LogP contribution in [0.1, 0.15) is 22.9 Å². The summed E-state index contributed by atoms with van der Waals surface area (Å²) in [5.74, 6) is -1.40. The molecule has 1 atom stereocenters. The van der Waals surface area contributed by atoms with Gasteiger partial charge in [-0.15, -0.1) is 0 Å². The van der Waals surface area contributed by atoms with Crippen LogP contribution in [0.3, 0.4) is 0 Å². The third kappa shape index (κ3) is 6.92. The number of urea groups is 1. The fourth-order valence-corrected chi connectivity index (χ4v) is 4.53. The number of nitrogens with zero attached hydrogens (tertiary/aromatic N) is 1. The molecule has 0 aliphatic carbocycles. The van der Waals surface area contributed by atoms with Gasteiger partial charge in [-0.05, 0) is 78.4 Å². The molecule has 0 fully saturated rings. The van der Waals surface area contributed by atoms with Crippen molar-refractivity contribution in [2.75, 3.05) is 5.32 Å². The Kier molecular flexibility index (Phi) is 8.48. The van der Waals surface area contributed by atoms with Crippen LogP contribution in [-0.4, -0.2) is 17.4 Å². The number of halogens is 2. The normalized spacial score (nSPS) is 11.4. The maximum Gasteiger partial charge on any atom is 0.325 e. The van der Waals surface area contributed by atoms with Gasteiger partial charge in [0, 0.05) is 28.4 Å². The smallest absolute Gasteiger partial charge is 0.325 e. The first kappa shape index (κ1) is 25.8. The molecule has 1 heterocycles. The van der Waals surface area contributed by atoms with Gasteiger partial charge in [-0.25, -0.2) is 13.6 Å². The van der Waals surface area contributed by atoms with Gasteiger partial charge < -0.3 is 10.6 Å². The van der Waals surface area contributed by atoms with Gasteiger partial charge in [0.2, 0.25) is 6.41 Å². The van der Waals surface area contributed by atoms with Gasteiger partial charge in [0.1, 0.15) is 11.6 Å². The molecule has 0 spiro atoms. The Hall–Kier alpha value is -4.24. The van der Waals surface area contributed by atoms with Crippen molar-refractivity contribution in [2.24, 2.45) is 0 Å². The van der Waals surface area contributed by atoms with Crippen LogP contribution in [0.2, 0.25) is 0 Å². The molecule has 3 aromatic carbocycles. The number of aryl methyl sites for hydroxylation is 1. The van der Waals surface area contributed by atoms with Crippen LogP contribution in [0, 0.1) is 18.6 Å². The van der Waals surface area contributed by atoms with Gasteiger partial charge >= 0.3 is 6.03 Å². The SMILES string of the molecule is Cc1ccccc1SNC(=O)NC(Cc1cc(F)cc(F)c1)c1ncccc1-c1ccc(NC=O)cc1. The summed E-state index contributed by atoms with van der Waals surface area (Å²) in [6.45, 7) is 1.94. The van der Waals surface area contributed by atoms with E-state index in [2.05, 4.69) is 20.3 Å². The molecular formula is C28H24F2N4O2S. The number of rotatable bonds is 9. The average Bonchev–Trinajstić information content (AvgIpc) is 2.88. The van der Waals surface area contributed by atoms with E-state index in [1.54, 1.807) is 24.4 Å². The first-order chi connectivity index (χ1) is 17.9. The molecule has 1 unspecified atom stereocenters. The highest BCUT2D eigenvalue weighted by Gasteiger charge is 2.22. The van der Waals surface area contributed by atoms with Gasteiger partial charge in [0.25, 0.3) is 0 Å². The summed E-state index contributed by atoms with van der Waals surface area (Å²) in [4.78, 5) is 29.1. The van der Waals surface area contributed by atoms with Crippen molar-refractivity contribution in [3.63, 3.8) is 0 Å². The molecule has 0 radical (unpaired) electrons. The van der Waals surface area contributed by atoms with E-state index in [1.165, 1.54) is 24.1 Å². The Morgan fingerprint density at radius 1 is 1.00 bits per heavy atom. The van der Waals surface area contributed by atoms with Crippen molar-refractivity contribution in [3.8, 4) is 11.1 Å². The van der Waals surface area contributed by atoms with Crippen molar-refractivity contribution < 1.29 is 18.4 Å². The Labute approximate surface area is 217 Å². The lowest BCUT2D eigenvalue weighted by molar-refractivity contribution is -0.105. The highest BCUT2D eigenvalue weighted by molar-refractivity contribution is 7.98. The Balaban J connectivity index is 1.64. The first-order valence-corrected chi connectivity index (χ1v) is 12.2. The zero-order valence-electron chi connectivity index (χ0n) is 19.9. The number of benzene rings is 3. The fourth-order valence-electron chi connectivity index (χ4n) is 3.89. The summed E-state index contributed by atoms with van der Waals surface area (Å²) >= 11 is 1.17. The number of anilines is 1. The quantitative estimate of drug-likeness (QED) is 0.182. The molecule has 37 heavy (non-hydrogen) atoms. The minimum atomic E-state index is -0.706. The number of amides is 3. The number of hydrogen-bond donors (Lipinski definition) is 3. The van der Waals surface area contributed by atoms with Crippen molar-refractivity contribution in [1.82, 2.24) is 15.0 Å². The van der Waals surface area contributed by atoms with Crippen LogP contribution < -0.4 is 15.4 Å². The molecule has 4 aromatic rings. The monoisotopic (exact) mass is 518 g/mol. The molecule has 4 rings (SSSR count). The van der Waals surface area contributed by atoms with Gasteiger partial charge in [0.05, 0.1) is 11.7 Å². The summed E-state index contributed by atoms with van der Waals surface area (Å²) in [7, 11) is 0. The van der Waals surface area contributed by atoms with Gasteiger partial charge in [-0.1, -0.05) is 36.4 Å². The van der Waals surface area contributed by atoms with Crippen LogP contribution >= 0.6 is 11.9 Å².